The molecular formula is C17H22N2O. The number of piperidine rings is 1. The molecule has 0 amide bonds. The first-order valence-corrected chi connectivity index (χ1v) is 7.50. The van der Waals surface area contributed by atoms with Crippen molar-refractivity contribution in [2.45, 2.75) is 38.3 Å². The summed E-state index contributed by atoms with van der Waals surface area (Å²) >= 11 is 0. The molecule has 1 unspecified atom stereocenters. The third kappa shape index (κ3) is 2.46. The highest BCUT2D eigenvalue weighted by Gasteiger charge is 2.48. The van der Waals surface area contributed by atoms with E-state index in [2.05, 4.69) is 23.1 Å². The fourth-order valence-electron chi connectivity index (χ4n) is 3.71. The Morgan fingerprint density at radius 1 is 1.25 bits per heavy atom. The molecule has 1 aliphatic heterocycles. The summed E-state index contributed by atoms with van der Waals surface area (Å²) < 4.78 is 5.61. The van der Waals surface area contributed by atoms with E-state index in [1.165, 1.54) is 44.3 Å². The fourth-order valence-corrected chi connectivity index (χ4v) is 3.71. The summed E-state index contributed by atoms with van der Waals surface area (Å²) in [6, 6.07) is 10.1. The number of hydrogen-bond donors (Lipinski definition) is 0. The molecule has 0 N–H and O–H groups in total. The van der Waals surface area contributed by atoms with E-state index < -0.39 is 0 Å². The molecule has 1 aromatic rings. The molecular weight excluding hydrogens is 248 g/mol. The predicted molar refractivity (Wildman–Crippen MR) is 78.1 cm³/mol. The highest BCUT2D eigenvalue weighted by molar-refractivity contribution is 5.31. The highest BCUT2D eigenvalue weighted by atomic mass is 16.5. The molecule has 1 aliphatic carbocycles. The molecule has 1 spiro atoms. The van der Waals surface area contributed by atoms with Gasteiger partial charge in [0.05, 0.1) is 17.7 Å². The molecule has 3 heteroatoms. The van der Waals surface area contributed by atoms with Gasteiger partial charge in [0.15, 0.2) is 0 Å². The number of methoxy groups -OCH3 is 1. The van der Waals surface area contributed by atoms with E-state index in [1.807, 2.05) is 19.2 Å². The fraction of sp³-hybridized carbons (Fsp3) is 0.588. The molecule has 2 fully saturated rings. The van der Waals surface area contributed by atoms with Crippen LogP contribution < -0.4 is 0 Å². The Bertz CT molecular complexity index is 493. The van der Waals surface area contributed by atoms with Crippen LogP contribution in [0.15, 0.2) is 24.3 Å². The molecule has 1 aromatic carbocycles. The molecule has 3 rings (SSSR count). The number of ether oxygens (including phenoxy) is 1. The third-order valence-electron chi connectivity index (χ3n) is 5.21. The summed E-state index contributed by atoms with van der Waals surface area (Å²) in [5.74, 6) is 0. The minimum atomic E-state index is 0.482. The summed E-state index contributed by atoms with van der Waals surface area (Å²) in [6.45, 7) is 3.33. The van der Waals surface area contributed by atoms with E-state index in [4.69, 9.17) is 10.00 Å². The van der Waals surface area contributed by atoms with Crippen LogP contribution in [0.2, 0.25) is 0 Å². The van der Waals surface area contributed by atoms with Crippen molar-refractivity contribution in [2.75, 3.05) is 20.2 Å². The van der Waals surface area contributed by atoms with E-state index in [1.54, 1.807) is 0 Å². The molecule has 1 saturated carbocycles. The normalized spacial score (nSPS) is 25.1. The van der Waals surface area contributed by atoms with Gasteiger partial charge in [0, 0.05) is 13.7 Å². The number of benzene rings is 1. The number of nitriles is 1. The van der Waals surface area contributed by atoms with E-state index >= 15 is 0 Å². The van der Waals surface area contributed by atoms with Gasteiger partial charge < -0.3 is 4.74 Å². The Labute approximate surface area is 121 Å². The molecule has 0 aromatic heterocycles. The lowest BCUT2D eigenvalue weighted by molar-refractivity contribution is -0.120. The monoisotopic (exact) mass is 270 g/mol. The SMILES string of the molecule is COC1CCC12CCN(Cc1ccc(C#N)cc1)CC2. The minimum Gasteiger partial charge on any atom is -0.381 e. The van der Waals surface area contributed by atoms with E-state index in [9.17, 15) is 0 Å². The van der Waals surface area contributed by atoms with Crippen LogP contribution in [0, 0.1) is 16.7 Å². The summed E-state index contributed by atoms with van der Waals surface area (Å²) in [4.78, 5) is 2.53. The maximum atomic E-state index is 8.82. The van der Waals surface area contributed by atoms with Crippen molar-refractivity contribution in [3.05, 3.63) is 35.4 Å². The second-order valence-electron chi connectivity index (χ2n) is 6.21. The molecule has 0 bridgehead atoms. The quantitative estimate of drug-likeness (QED) is 0.847. The summed E-state index contributed by atoms with van der Waals surface area (Å²) in [7, 11) is 1.86. The van der Waals surface area contributed by atoms with Crippen molar-refractivity contribution < 1.29 is 4.74 Å². The Morgan fingerprint density at radius 2 is 1.95 bits per heavy atom. The first-order chi connectivity index (χ1) is 9.75. The van der Waals surface area contributed by atoms with Gasteiger partial charge in [-0.1, -0.05) is 12.1 Å². The minimum absolute atomic E-state index is 0.482. The van der Waals surface area contributed by atoms with Gasteiger partial charge in [0.25, 0.3) is 0 Å². The van der Waals surface area contributed by atoms with Crippen LogP contribution >= 0.6 is 0 Å². The molecule has 1 saturated heterocycles. The Morgan fingerprint density at radius 3 is 2.45 bits per heavy atom. The largest absolute Gasteiger partial charge is 0.381 e. The lowest BCUT2D eigenvalue weighted by Crippen LogP contribution is -2.52. The van der Waals surface area contributed by atoms with Crippen LogP contribution in [-0.2, 0) is 11.3 Å². The molecule has 20 heavy (non-hydrogen) atoms. The maximum absolute atomic E-state index is 8.82. The van der Waals surface area contributed by atoms with Gasteiger partial charge in [0.1, 0.15) is 0 Å². The van der Waals surface area contributed by atoms with Gasteiger partial charge in [-0.25, -0.2) is 0 Å². The first kappa shape index (κ1) is 13.6. The summed E-state index contributed by atoms with van der Waals surface area (Å²) in [5, 5.41) is 8.82. The molecule has 0 radical (unpaired) electrons. The van der Waals surface area contributed by atoms with Crippen LogP contribution in [0.25, 0.3) is 0 Å². The lowest BCUT2D eigenvalue weighted by atomic mass is 9.61. The summed E-state index contributed by atoms with van der Waals surface area (Å²) in [6.07, 6.45) is 5.62. The van der Waals surface area contributed by atoms with Crippen molar-refractivity contribution in [3.63, 3.8) is 0 Å². The molecule has 3 nitrogen and oxygen atoms in total. The Hall–Kier alpha value is -1.37. The van der Waals surface area contributed by atoms with Crippen LogP contribution in [0.3, 0.4) is 0 Å². The van der Waals surface area contributed by atoms with Crippen molar-refractivity contribution in [1.82, 2.24) is 4.90 Å². The maximum Gasteiger partial charge on any atom is 0.0991 e. The van der Waals surface area contributed by atoms with Gasteiger partial charge in [0.2, 0.25) is 0 Å². The highest BCUT2D eigenvalue weighted by Crippen LogP contribution is 2.50. The zero-order valence-electron chi connectivity index (χ0n) is 12.1. The average Bonchev–Trinajstić information content (AvgIpc) is 2.48. The zero-order valence-corrected chi connectivity index (χ0v) is 12.1. The molecule has 1 atom stereocenters. The van der Waals surface area contributed by atoms with Gasteiger partial charge in [-0.15, -0.1) is 0 Å². The van der Waals surface area contributed by atoms with Gasteiger partial charge in [-0.2, -0.15) is 5.26 Å². The van der Waals surface area contributed by atoms with Crippen LogP contribution in [0.4, 0.5) is 0 Å². The number of likely N-dealkylation sites (tertiary alicyclic amines) is 1. The standard InChI is InChI=1S/C17H22N2O/c1-20-16-6-7-17(16)8-10-19(11-9-17)13-15-4-2-14(12-18)3-5-15/h2-5,16H,6-11,13H2,1H3. The first-order valence-electron chi connectivity index (χ1n) is 7.50. The number of nitrogens with zero attached hydrogens (tertiary/aromatic N) is 2. The van der Waals surface area contributed by atoms with Crippen LogP contribution in [-0.4, -0.2) is 31.2 Å². The average molecular weight is 270 g/mol. The van der Waals surface area contributed by atoms with Gasteiger partial charge in [-0.3, -0.25) is 4.90 Å². The van der Waals surface area contributed by atoms with E-state index in [0.29, 0.717) is 11.5 Å². The van der Waals surface area contributed by atoms with Crippen LogP contribution in [0.5, 0.6) is 0 Å². The Kier molecular flexibility index (Phi) is 3.78. The van der Waals surface area contributed by atoms with Crippen molar-refractivity contribution >= 4 is 0 Å². The molecule has 2 aliphatic rings. The molecule has 1 heterocycles. The zero-order chi connectivity index (χ0) is 14.0. The Balaban J connectivity index is 1.55. The van der Waals surface area contributed by atoms with Gasteiger partial charge >= 0.3 is 0 Å². The van der Waals surface area contributed by atoms with Crippen molar-refractivity contribution in [2.24, 2.45) is 5.41 Å². The second kappa shape index (κ2) is 5.55. The molecule has 106 valence electrons. The number of hydrogen-bond acceptors (Lipinski definition) is 3. The number of rotatable bonds is 3. The lowest BCUT2D eigenvalue weighted by Gasteiger charge is -2.53. The van der Waals surface area contributed by atoms with Crippen LogP contribution in [0.1, 0.15) is 36.8 Å². The smallest absolute Gasteiger partial charge is 0.0991 e. The third-order valence-corrected chi connectivity index (χ3v) is 5.21. The predicted octanol–water partition coefficient (Wildman–Crippen LogP) is 2.95. The summed E-state index contributed by atoms with van der Waals surface area (Å²) in [5.41, 5.74) is 2.52. The van der Waals surface area contributed by atoms with Crippen molar-refractivity contribution in [1.29, 1.82) is 5.26 Å². The van der Waals surface area contributed by atoms with E-state index in [0.717, 1.165) is 12.1 Å². The second-order valence-corrected chi connectivity index (χ2v) is 6.21. The van der Waals surface area contributed by atoms with Crippen molar-refractivity contribution in [3.8, 4) is 6.07 Å². The topological polar surface area (TPSA) is 36.3 Å². The van der Waals surface area contributed by atoms with Gasteiger partial charge in [-0.05, 0) is 61.9 Å². The van der Waals surface area contributed by atoms with E-state index in [-0.39, 0.29) is 0 Å².